The highest BCUT2D eigenvalue weighted by Crippen LogP contribution is 2.08. The Morgan fingerprint density at radius 3 is 2.61 bits per heavy atom. The Hall–Kier alpha value is -1.88. The summed E-state index contributed by atoms with van der Waals surface area (Å²) in [6, 6.07) is 8.36. The topological polar surface area (TPSA) is 81.4 Å². The standard InChI is InChI=1S/C13H18N2O3/c1-2-18-11(16)8-9-15-13(17)12(14)10-6-4-3-5-7-10/h3-7,12H,2,8-9,14H2,1H3,(H,15,17). The van der Waals surface area contributed by atoms with Gasteiger partial charge in [-0.3, -0.25) is 9.59 Å². The second-order valence-corrected chi connectivity index (χ2v) is 3.73. The molecule has 1 unspecified atom stereocenters. The van der Waals surface area contributed by atoms with E-state index in [0.717, 1.165) is 5.56 Å². The first kappa shape index (κ1) is 14.2. The molecule has 0 aliphatic heterocycles. The molecule has 1 rings (SSSR count). The number of nitrogens with two attached hydrogens (primary N) is 1. The molecule has 5 heteroatoms. The molecule has 18 heavy (non-hydrogen) atoms. The van der Waals surface area contributed by atoms with Crippen LogP contribution in [0.1, 0.15) is 24.9 Å². The molecule has 0 radical (unpaired) electrons. The third-order valence-electron chi connectivity index (χ3n) is 2.37. The molecule has 0 fully saturated rings. The summed E-state index contributed by atoms with van der Waals surface area (Å²) >= 11 is 0. The Kier molecular flexibility index (Phi) is 5.87. The van der Waals surface area contributed by atoms with E-state index < -0.39 is 6.04 Å². The summed E-state index contributed by atoms with van der Waals surface area (Å²) in [5, 5.41) is 2.61. The fourth-order valence-electron chi connectivity index (χ4n) is 1.44. The van der Waals surface area contributed by atoms with Crippen molar-refractivity contribution < 1.29 is 14.3 Å². The van der Waals surface area contributed by atoms with Gasteiger partial charge in [0.1, 0.15) is 6.04 Å². The van der Waals surface area contributed by atoms with E-state index >= 15 is 0 Å². The third-order valence-corrected chi connectivity index (χ3v) is 2.37. The molecule has 0 bridgehead atoms. The summed E-state index contributed by atoms with van der Waals surface area (Å²) in [6.07, 6.45) is 0.154. The van der Waals surface area contributed by atoms with E-state index in [1.807, 2.05) is 18.2 Å². The third kappa shape index (κ3) is 4.55. The van der Waals surface area contributed by atoms with E-state index in [0.29, 0.717) is 6.61 Å². The average molecular weight is 250 g/mol. The van der Waals surface area contributed by atoms with E-state index in [2.05, 4.69) is 5.32 Å². The summed E-state index contributed by atoms with van der Waals surface area (Å²) < 4.78 is 4.75. The Morgan fingerprint density at radius 2 is 2.00 bits per heavy atom. The monoisotopic (exact) mass is 250 g/mol. The number of esters is 1. The predicted octanol–water partition coefficient (Wildman–Crippen LogP) is 0.756. The van der Waals surface area contributed by atoms with Crippen molar-refractivity contribution in [2.45, 2.75) is 19.4 Å². The van der Waals surface area contributed by atoms with Gasteiger partial charge in [-0.1, -0.05) is 30.3 Å². The van der Waals surface area contributed by atoms with Gasteiger partial charge < -0.3 is 15.8 Å². The summed E-state index contributed by atoms with van der Waals surface area (Å²) in [5.74, 6) is -0.628. The number of benzene rings is 1. The lowest BCUT2D eigenvalue weighted by Gasteiger charge is -2.12. The maximum Gasteiger partial charge on any atom is 0.307 e. The van der Waals surface area contributed by atoms with Gasteiger partial charge in [0.2, 0.25) is 5.91 Å². The minimum atomic E-state index is -0.714. The van der Waals surface area contributed by atoms with E-state index in [1.165, 1.54) is 0 Å². The molecule has 1 amide bonds. The van der Waals surface area contributed by atoms with Crippen LogP contribution in [0.2, 0.25) is 0 Å². The SMILES string of the molecule is CCOC(=O)CCNC(=O)C(N)c1ccccc1. The molecule has 3 N–H and O–H groups in total. The number of hydrogen-bond donors (Lipinski definition) is 2. The smallest absolute Gasteiger partial charge is 0.307 e. The van der Waals surface area contributed by atoms with Crippen LogP contribution in [-0.2, 0) is 14.3 Å². The van der Waals surface area contributed by atoms with Crippen LogP contribution in [0.4, 0.5) is 0 Å². The first-order chi connectivity index (χ1) is 8.65. The first-order valence-corrected chi connectivity index (χ1v) is 5.89. The largest absolute Gasteiger partial charge is 0.466 e. The van der Waals surface area contributed by atoms with E-state index in [9.17, 15) is 9.59 Å². The summed E-state index contributed by atoms with van der Waals surface area (Å²) in [5.41, 5.74) is 6.53. The van der Waals surface area contributed by atoms with E-state index in [4.69, 9.17) is 10.5 Å². The highest BCUT2D eigenvalue weighted by atomic mass is 16.5. The van der Waals surface area contributed by atoms with Crippen LogP contribution in [0.3, 0.4) is 0 Å². The van der Waals surface area contributed by atoms with Crippen molar-refractivity contribution in [3.05, 3.63) is 35.9 Å². The van der Waals surface area contributed by atoms with Crippen LogP contribution >= 0.6 is 0 Å². The number of rotatable bonds is 6. The van der Waals surface area contributed by atoms with Crippen LogP contribution in [-0.4, -0.2) is 25.0 Å². The number of amides is 1. The second kappa shape index (κ2) is 7.45. The zero-order valence-corrected chi connectivity index (χ0v) is 10.4. The molecular weight excluding hydrogens is 232 g/mol. The molecular formula is C13H18N2O3. The minimum Gasteiger partial charge on any atom is -0.466 e. The maximum atomic E-state index is 11.7. The highest BCUT2D eigenvalue weighted by Gasteiger charge is 2.15. The molecule has 1 atom stereocenters. The van der Waals surface area contributed by atoms with Crippen molar-refractivity contribution in [3.63, 3.8) is 0 Å². The molecule has 0 saturated heterocycles. The van der Waals surface area contributed by atoms with Crippen LogP contribution in [0.5, 0.6) is 0 Å². The fourth-order valence-corrected chi connectivity index (χ4v) is 1.44. The van der Waals surface area contributed by atoms with E-state index in [-0.39, 0.29) is 24.8 Å². The van der Waals surface area contributed by atoms with Crippen molar-refractivity contribution in [2.75, 3.05) is 13.2 Å². The zero-order valence-electron chi connectivity index (χ0n) is 10.4. The minimum absolute atomic E-state index is 0.154. The first-order valence-electron chi connectivity index (χ1n) is 5.89. The predicted molar refractivity (Wildman–Crippen MR) is 67.6 cm³/mol. The second-order valence-electron chi connectivity index (χ2n) is 3.73. The molecule has 0 saturated carbocycles. The molecule has 1 aromatic rings. The Bertz CT molecular complexity index is 392. The van der Waals surface area contributed by atoms with Crippen molar-refractivity contribution in [1.29, 1.82) is 0 Å². The Balaban J connectivity index is 2.35. The molecule has 0 aliphatic rings. The molecule has 5 nitrogen and oxygen atoms in total. The number of nitrogens with one attached hydrogen (secondary N) is 1. The van der Waals surface area contributed by atoms with Crippen molar-refractivity contribution in [3.8, 4) is 0 Å². The molecule has 0 aliphatic carbocycles. The van der Waals surface area contributed by atoms with Gasteiger partial charge in [0.25, 0.3) is 0 Å². The van der Waals surface area contributed by atoms with Crippen molar-refractivity contribution >= 4 is 11.9 Å². The fraction of sp³-hybridized carbons (Fsp3) is 0.385. The zero-order chi connectivity index (χ0) is 13.4. The van der Waals surface area contributed by atoms with Crippen molar-refractivity contribution in [2.24, 2.45) is 5.73 Å². The van der Waals surface area contributed by atoms with Gasteiger partial charge in [0.05, 0.1) is 13.0 Å². The van der Waals surface area contributed by atoms with Crippen LogP contribution in [0, 0.1) is 0 Å². The molecule has 0 heterocycles. The molecule has 98 valence electrons. The molecule has 1 aromatic carbocycles. The van der Waals surface area contributed by atoms with Crippen LogP contribution < -0.4 is 11.1 Å². The number of ether oxygens (including phenoxy) is 1. The average Bonchev–Trinajstić information content (AvgIpc) is 2.39. The van der Waals surface area contributed by atoms with Gasteiger partial charge in [-0.25, -0.2) is 0 Å². The van der Waals surface area contributed by atoms with Gasteiger partial charge in [0.15, 0.2) is 0 Å². The normalized spacial score (nSPS) is 11.7. The lowest BCUT2D eigenvalue weighted by Crippen LogP contribution is -2.35. The van der Waals surface area contributed by atoms with Gasteiger partial charge in [-0.05, 0) is 12.5 Å². The van der Waals surface area contributed by atoms with Gasteiger partial charge in [0, 0.05) is 6.54 Å². The maximum absolute atomic E-state index is 11.7. The van der Waals surface area contributed by atoms with Crippen molar-refractivity contribution in [1.82, 2.24) is 5.32 Å². The number of carbonyl (C=O) groups is 2. The lowest BCUT2D eigenvalue weighted by molar-refractivity contribution is -0.143. The lowest BCUT2D eigenvalue weighted by atomic mass is 10.1. The van der Waals surface area contributed by atoms with Crippen LogP contribution in [0.15, 0.2) is 30.3 Å². The summed E-state index contributed by atoms with van der Waals surface area (Å²) in [6.45, 7) is 2.32. The van der Waals surface area contributed by atoms with E-state index in [1.54, 1.807) is 19.1 Å². The molecule has 0 aromatic heterocycles. The summed E-state index contributed by atoms with van der Waals surface area (Å²) in [4.78, 5) is 22.8. The van der Waals surface area contributed by atoms with Crippen LogP contribution in [0.25, 0.3) is 0 Å². The van der Waals surface area contributed by atoms with Gasteiger partial charge in [-0.2, -0.15) is 0 Å². The number of hydrogen-bond acceptors (Lipinski definition) is 4. The highest BCUT2D eigenvalue weighted by molar-refractivity contribution is 5.83. The quantitative estimate of drug-likeness (QED) is 0.730. The Labute approximate surface area is 106 Å². The Morgan fingerprint density at radius 1 is 1.33 bits per heavy atom. The number of carbonyl (C=O) groups excluding carboxylic acids is 2. The summed E-state index contributed by atoms with van der Waals surface area (Å²) in [7, 11) is 0. The van der Waals surface area contributed by atoms with Gasteiger partial charge >= 0.3 is 5.97 Å². The van der Waals surface area contributed by atoms with Gasteiger partial charge in [-0.15, -0.1) is 0 Å². The molecule has 0 spiro atoms.